The number of sulfonamides is 1. The Labute approximate surface area is 135 Å². The molecule has 0 unspecified atom stereocenters. The highest BCUT2D eigenvalue weighted by Gasteiger charge is 2.23. The zero-order valence-electron chi connectivity index (χ0n) is 11.8. The fourth-order valence-corrected chi connectivity index (χ4v) is 3.44. The molecule has 8 nitrogen and oxygen atoms in total. The van der Waals surface area contributed by atoms with Crippen molar-refractivity contribution in [3.63, 3.8) is 0 Å². The van der Waals surface area contributed by atoms with Crippen LogP contribution in [0.5, 0.6) is 0 Å². The Morgan fingerprint density at radius 3 is 2.41 bits per heavy atom. The predicted octanol–water partition coefficient (Wildman–Crippen LogP) is 1.91. The van der Waals surface area contributed by atoms with E-state index in [-0.39, 0.29) is 17.1 Å². The summed E-state index contributed by atoms with van der Waals surface area (Å²) < 4.78 is 28.4. The standard InChI is InChI=1S/C12H13BrN4O4S/c1-15(8-12-11(13)7-14-16(12)2)22(20,21)10-5-3-9(4-6-10)17(18)19/h3-7H,8H2,1-2H3. The SMILES string of the molecule is CN(Cc1c(Br)cnn1C)S(=O)(=O)c1ccc([N+](=O)[O-])cc1. The molecule has 0 atom stereocenters. The Hall–Kier alpha value is -1.78. The van der Waals surface area contributed by atoms with E-state index >= 15 is 0 Å². The second-order valence-corrected chi connectivity index (χ2v) is 7.47. The van der Waals surface area contributed by atoms with E-state index in [1.807, 2.05) is 0 Å². The number of nitro benzene ring substituents is 1. The summed E-state index contributed by atoms with van der Waals surface area (Å²) in [5.74, 6) is 0. The van der Waals surface area contributed by atoms with Gasteiger partial charge >= 0.3 is 0 Å². The van der Waals surface area contributed by atoms with Crippen LogP contribution in [-0.4, -0.2) is 34.5 Å². The van der Waals surface area contributed by atoms with Gasteiger partial charge in [-0.1, -0.05) is 0 Å². The third-order valence-electron chi connectivity index (χ3n) is 3.14. The minimum absolute atomic E-state index is 0.00103. The highest BCUT2D eigenvalue weighted by atomic mass is 79.9. The fourth-order valence-electron chi connectivity index (χ4n) is 1.83. The second kappa shape index (κ2) is 6.15. The number of non-ortho nitro benzene ring substituents is 1. The van der Waals surface area contributed by atoms with Crippen molar-refractivity contribution in [3.8, 4) is 0 Å². The number of nitrogens with zero attached hydrogens (tertiary/aromatic N) is 4. The van der Waals surface area contributed by atoms with E-state index in [2.05, 4.69) is 21.0 Å². The molecule has 10 heteroatoms. The van der Waals surface area contributed by atoms with Gasteiger partial charge in [-0.15, -0.1) is 0 Å². The molecule has 0 amide bonds. The molecule has 0 radical (unpaired) electrons. The molecular weight excluding hydrogens is 376 g/mol. The Morgan fingerprint density at radius 1 is 1.36 bits per heavy atom. The Morgan fingerprint density at radius 2 is 1.95 bits per heavy atom. The van der Waals surface area contributed by atoms with Gasteiger partial charge in [0, 0.05) is 26.2 Å². The largest absolute Gasteiger partial charge is 0.270 e. The first-order valence-electron chi connectivity index (χ1n) is 6.10. The first-order valence-corrected chi connectivity index (χ1v) is 8.34. The zero-order chi connectivity index (χ0) is 16.5. The molecule has 0 aliphatic heterocycles. The maximum atomic E-state index is 12.5. The van der Waals surface area contributed by atoms with Crippen LogP contribution in [0, 0.1) is 10.1 Å². The minimum Gasteiger partial charge on any atom is -0.270 e. The maximum absolute atomic E-state index is 12.5. The molecule has 0 saturated carbocycles. The highest BCUT2D eigenvalue weighted by Crippen LogP contribution is 2.22. The van der Waals surface area contributed by atoms with E-state index in [0.29, 0.717) is 10.2 Å². The van der Waals surface area contributed by atoms with Crippen molar-refractivity contribution in [1.82, 2.24) is 14.1 Å². The first-order chi connectivity index (χ1) is 10.2. The zero-order valence-corrected chi connectivity index (χ0v) is 14.2. The lowest BCUT2D eigenvalue weighted by molar-refractivity contribution is -0.384. The van der Waals surface area contributed by atoms with Gasteiger partial charge in [0.15, 0.2) is 0 Å². The third-order valence-corrected chi connectivity index (χ3v) is 5.62. The number of halogens is 1. The van der Waals surface area contributed by atoms with E-state index in [4.69, 9.17) is 0 Å². The van der Waals surface area contributed by atoms with Gasteiger partial charge < -0.3 is 0 Å². The third kappa shape index (κ3) is 3.18. The lowest BCUT2D eigenvalue weighted by Crippen LogP contribution is -2.27. The number of nitro groups is 1. The van der Waals surface area contributed by atoms with Crippen molar-refractivity contribution in [2.45, 2.75) is 11.4 Å². The molecule has 118 valence electrons. The smallest absolute Gasteiger partial charge is 0.269 e. The van der Waals surface area contributed by atoms with Gasteiger partial charge in [0.1, 0.15) is 0 Å². The summed E-state index contributed by atoms with van der Waals surface area (Å²) in [6.07, 6.45) is 1.58. The summed E-state index contributed by atoms with van der Waals surface area (Å²) in [7, 11) is -0.587. The number of aromatic nitrogens is 2. The molecule has 1 aromatic heterocycles. The first kappa shape index (κ1) is 16.6. The summed E-state index contributed by atoms with van der Waals surface area (Å²) in [6.45, 7) is 0.121. The van der Waals surface area contributed by atoms with Crippen molar-refractivity contribution in [1.29, 1.82) is 0 Å². The van der Waals surface area contributed by atoms with Gasteiger partial charge in [-0.05, 0) is 28.1 Å². The molecule has 2 rings (SSSR count). The predicted molar refractivity (Wildman–Crippen MR) is 82.7 cm³/mol. The van der Waals surface area contributed by atoms with Gasteiger partial charge in [-0.2, -0.15) is 9.40 Å². The van der Waals surface area contributed by atoms with Gasteiger partial charge in [-0.3, -0.25) is 14.8 Å². The lowest BCUT2D eigenvalue weighted by atomic mass is 10.3. The number of hydrogen-bond donors (Lipinski definition) is 0. The Kier molecular flexibility index (Phi) is 4.63. The minimum atomic E-state index is -3.74. The van der Waals surface area contributed by atoms with Crippen LogP contribution in [0.1, 0.15) is 5.69 Å². The van der Waals surface area contributed by atoms with E-state index in [1.165, 1.54) is 31.3 Å². The fraction of sp³-hybridized carbons (Fsp3) is 0.250. The molecule has 1 heterocycles. The molecule has 22 heavy (non-hydrogen) atoms. The molecule has 0 bridgehead atoms. The average molecular weight is 389 g/mol. The van der Waals surface area contributed by atoms with Crippen molar-refractivity contribution in [2.75, 3.05) is 7.05 Å². The molecule has 0 saturated heterocycles. The quantitative estimate of drug-likeness (QED) is 0.575. The molecular formula is C12H13BrN4O4S. The van der Waals surface area contributed by atoms with Gasteiger partial charge in [0.25, 0.3) is 5.69 Å². The Balaban J connectivity index is 2.27. The average Bonchev–Trinajstić information content (AvgIpc) is 2.79. The lowest BCUT2D eigenvalue weighted by Gasteiger charge is -2.17. The van der Waals surface area contributed by atoms with Crippen LogP contribution < -0.4 is 0 Å². The van der Waals surface area contributed by atoms with E-state index < -0.39 is 14.9 Å². The van der Waals surface area contributed by atoms with Crippen LogP contribution in [-0.2, 0) is 23.6 Å². The van der Waals surface area contributed by atoms with E-state index in [0.717, 1.165) is 4.31 Å². The monoisotopic (exact) mass is 388 g/mol. The summed E-state index contributed by atoms with van der Waals surface area (Å²) in [6, 6.07) is 4.78. The summed E-state index contributed by atoms with van der Waals surface area (Å²) in [5, 5.41) is 14.6. The summed E-state index contributed by atoms with van der Waals surface area (Å²) in [5.41, 5.74) is 0.545. The number of benzene rings is 1. The van der Waals surface area contributed by atoms with Crippen LogP contribution in [0.3, 0.4) is 0 Å². The van der Waals surface area contributed by atoms with Gasteiger partial charge in [0.2, 0.25) is 10.0 Å². The van der Waals surface area contributed by atoms with Crippen molar-refractivity contribution >= 4 is 31.6 Å². The number of hydrogen-bond acceptors (Lipinski definition) is 5. The van der Waals surface area contributed by atoms with Crippen LogP contribution >= 0.6 is 15.9 Å². The molecule has 0 aliphatic carbocycles. The van der Waals surface area contributed by atoms with E-state index in [1.54, 1.807) is 17.9 Å². The van der Waals surface area contributed by atoms with Crippen molar-refractivity contribution in [3.05, 3.63) is 50.7 Å². The normalized spacial score (nSPS) is 11.8. The van der Waals surface area contributed by atoms with Crippen molar-refractivity contribution < 1.29 is 13.3 Å². The van der Waals surface area contributed by atoms with E-state index in [9.17, 15) is 18.5 Å². The van der Waals surface area contributed by atoms with Gasteiger partial charge in [0.05, 0.1) is 32.7 Å². The molecule has 0 fully saturated rings. The highest BCUT2D eigenvalue weighted by molar-refractivity contribution is 9.10. The number of aryl methyl sites for hydroxylation is 1. The van der Waals surface area contributed by atoms with Crippen molar-refractivity contribution in [2.24, 2.45) is 7.05 Å². The molecule has 0 N–H and O–H groups in total. The topological polar surface area (TPSA) is 98.3 Å². The second-order valence-electron chi connectivity index (χ2n) is 4.57. The van der Waals surface area contributed by atoms with Crippen LogP contribution in [0.15, 0.2) is 39.8 Å². The molecule has 0 spiro atoms. The van der Waals surface area contributed by atoms with Crippen LogP contribution in [0.25, 0.3) is 0 Å². The van der Waals surface area contributed by atoms with Crippen LogP contribution in [0.2, 0.25) is 0 Å². The summed E-state index contributed by atoms with van der Waals surface area (Å²) in [4.78, 5) is 10.0. The number of rotatable bonds is 5. The van der Waals surface area contributed by atoms with Crippen LogP contribution in [0.4, 0.5) is 5.69 Å². The maximum Gasteiger partial charge on any atom is 0.269 e. The molecule has 1 aromatic carbocycles. The molecule has 2 aromatic rings. The molecule has 0 aliphatic rings. The Bertz CT molecular complexity index is 782. The summed E-state index contributed by atoms with van der Waals surface area (Å²) >= 11 is 3.31. The van der Waals surface area contributed by atoms with Gasteiger partial charge in [-0.25, -0.2) is 8.42 Å².